The molecule has 2 N–H and O–H groups in total. The number of nitrogens with one attached hydrogen (secondary N) is 2. The molecule has 2 heterocycles. The van der Waals surface area contributed by atoms with Crippen molar-refractivity contribution in [2.45, 2.75) is 32.2 Å². The fourth-order valence-electron chi connectivity index (χ4n) is 2.58. The van der Waals surface area contributed by atoms with Gasteiger partial charge < -0.3 is 10.3 Å². The number of rotatable bonds is 4. The van der Waals surface area contributed by atoms with E-state index in [1.54, 1.807) is 17.4 Å². The van der Waals surface area contributed by atoms with Crippen molar-refractivity contribution in [3.8, 4) is 0 Å². The van der Waals surface area contributed by atoms with E-state index in [9.17, 15) is 4.79 Å². The lowest BCUT2D eigenvalue weighted by molar-refractivity contribution is 0.699. The molecule has 2 aromatic rings. The van der Waals surface area contributed by atoms with Gasteiger partial charge in [0.05, 0.1) is 11.9 Å². The van der Waals surface area contributed by atoms with Gasteiger partial charge in [-0.2, -0.15) is 0 Å². The first-order valence-electron chi connectivity index (χ1n) is 6.64. The Hall–Kier alpha value is -1.46. The fourth-order valence-corrected chi connectivity index (χ4v) is 3.87. The topological polar surface area (TPSA) is 57.8 Å². The van der Waals surface area contributed by atoms with Gasteiger partial charge in [-0.15, -0.1) is 17.9 Å². The van der Waals surface area contributed by atoms with Crippen molar-refractivity contribution >= 4 is 21.6 Å². The highest BCUT2D eigenvalue weighted by atomic mass is 32.1. The largest absolute Gasteiger partial charge is 0.309 e. The van der Waals surface area contributed by atoms with E-state index in [0.29, 0.717) is 18.9 Å². The normalized spacial score (nSPS) is 14.5. The van der Waals surface area contributed by atoms with Gasteiger partial charge in [0, 0.05) is 11.4 Å². The molecule has 0 bridgehead atoms. The predicted octanol–water partition coefficient (Wildman–Crippen LogP) is 2.14. The van der Waals surface area contributed by atoms with Crippen LogP contribution in [0.4, 0.5) is 0 Å². The van der Waals surface area contributed by atoms with Crippen LogP contribution in [-0.2, 0) is 19.4 Å². The van der Waals surface area contributed by atoms with Gasteiger partial charge in [-0.1, -0.05) is 6.08 Å². The standard InChI is InChI=1S/C14H17N3OS/c1-2-7-15-8-11-16-13(18)12-9-5-3-4-6-10(9)19-14(12)17-11/h2,15H,1,3-8H2,(H,16,17,18). The lowest BCUT2D eigenvalue weighted by Gasteiger charge is -2.09. The number of aryl methyl sites for hydroxylation is 2. The number of H-pyrrole nitrogens is 1. The van der Waals surface area contributed by atoms with E-state index in [4.69, 9.17) is 0 Å². The van der Waals surface area contributed by atoms with E-state index < -0.39 is 0 Å². The van der Waals surface area contributed by atoms with E-state index in [-0.39, 0.29) is 5.56 Å². The molecule has 0 fully saturated rings. The number of thiophene rings is 1. The summed E-state index contributed by atoms with van der Waals surface area (Å²) in [6.07, 6.45) is 6.32. The second-order valence-corrected chi connectivity index (χ2v) is 5.91. The molecule has 0 aromatic carbocycles. The first-order valence-corrected chi connectivity index (χ1v) is 7.46. The van der Waals surface area contributed by atoms with Crippen molar-refractivity contribution in [1.29, 1.82) is 0 Å². The molecule has 3 rings (SSSR count). The Labute approximate surface area is 115 Å². The number of aromatic nitrogens is 2. The van der Waals surface area contributed by atoms with E-state index >= 15 is 0 Å². The SMILES string of the molecule is C=CCNCc1nc2sc3c(c2c(=O)[nH]1)CCCC3. The summed E-state index contributed by atoms with van der Waals surface area (Å²) in [7, 11) is 0. The Balaban J connectivity index is 2.01. The number of fused-ring (bicyclic) bond motifs is 3. The maximum Gasteiger partial charge on any atom is 0.259 e. The molecule has 4 nitrogen and oxygen atoms in total. The van der Waals surface area contributed by atoms with Gasteiger partial charge in [-0.3, -0.25) is 4.79 Å². The van der Waals surface area contributed by atoms with Crippen molar-refractivity contribution in [3.63, 3.8) is 0 Å². The summed E-state index contributed by atoms with van der Waals surface area (Å²) < 4.78 is 0. The zero-order chi connectivity index (χ0) is 13.2. The Morgan fingerprint density at radius 2 is 2.26 bits per heavy atom. The van der Waals surface area contributed by atoms with Crippen LogP contribution in [0, 0.1) is 0 Å². The molecule has 1 aliphatic carbocycles. The molecule has 5 heteroatoms. The van der Waals surface area contributed by atoms with Crippen LogP contribution in [0.2, 0.25) is 0 Å². The summed E-state index contributed by atoms with van der Waals surface area (Å²) in [5, 5.41) is 3.99. The van der Waals surface area contributed by atoms with Crippen molar-refractivity contribution in [2.75, 3.05) is 6.54 Å². The van der Waals surface area contributed by atoms with E-state index in [0.717, 1.165) is 23.1 Å². The molecule has 0 aliphatic heterocycles. The van der Waals surface area contributed by atoms with Crippen molar-refractivity contribution in [3.05, 3.63) is 39.3 Å². The molecule has 100 valence electrons. The van der Waals surface area contributed by atoms with Gasteiger partial charge in [0.2, 0.25) is 0 Å². The molecule has 1 aliphatic rings. The molecule has 2 aromatic heterocycles. The summed E-state index contributed by atoms with van der Waals surface area (Å²) in [6.45, 7) is 4.93. The lowest BCUT2D eigenvalue weighted by atomic mass is 9.97. The van der Waals surface area contributed by atoms with Crippen molar-refractivity contribution in [2.24, 2.45) is 0 Å². The second kappa shape index (κ2) is 5.27. The quantitative estimate of drug-likeness (QED) is 0.664. The average Bonchev–Trinajstić information content (AvgIpc) is 2.77. The average molecular weight is 275 g/mol. The molecular weight excluding hydrogens is 258 g/mol. The van der Waals surface area contributed by atoms with E-state index in [2.05, 4.69) is 21.9 Å². The van der Waals surface area contributed by atoms with E-state index in [1.165, 1.54) is 23.3 Å². The Morgan fingerprint density at radius 3 is 3.11 bits per heavy atom. The third-order valence-corrected chi connectivity index (χ3v) is 4.64. The molecule has 0 spiro atoms. The van der Waals surface area contributed by atoms with Gasteiger partial charge >= 0.3 is 0 Å². The van der Waals surface area contributed by atoms with E-state index in [1.807, 2.05) is 0 Å². The molecule has 0 radical (unpaired) electrons. The summed E-state index contributed by atoms with van der Waals surface area (Å²) in [5.74, 6) is 0.706. The number of nitrogens with zero attached hydrogens (tertiary/aromatic N) is 1. The maximum absolute atomic E-state index is 12.2. The lowest BCUT2D eigenvalue weighted by Crippen LogP contribution is -2.19. The third-order valence-electron chi connectivity index (χ3n) is 3.46. The minimum Gasteiger partial charge on any atom is -0.309 e. The molecule has 19 heavy (non-hydrogen) atoms. The molecule has 0 saturated heterocycles. The first-order chi connectivity index (χ1) is 9.29. The highest BCUT2D eigenvalue weighted by molar-refractivity contribution is 7.18. The molecule has 0 amide bonds. The van der Waals surface area contributed by atoms with Crippen LogP contribution in [-0.4, -0.2) is 16.5 Å². The monoisotopic (exact) mass is 275 g/mol. The van der Waals surface area contributed by atoms with Crippen LogP contribution in [0.15, 0.2) is 17.4 Å². The Morgan fingerprint density at radius 1 is 1.42 bits per heavy atom. The number of hydrogen-bond donors (Lipinski definition) is 2. The molecule has 0 atom stereocenters. The van der Waals surface area contributed by atoms with Crippen molar-refractivity contribution < 1.29 is 0 Å². The van der Waals surface area contributed by atoms with Crippen LogP contribution < -0.4 is 10.9 Å². The zero-order valence-corrected chi connectivity index (χ0v) is 11.6. The summed E-state index contributed by atoms with van der Waals surface area (Å²) in [6, 6.07) is 0. The molecule has 0 unspecified atom stereocenters. The van der Waals surface area contributed by atoms with Crippen LogP contribution in [0.3, 0.4) is 0 Å². The number of aromatic amines is 1. The third kappa shape index (κ3) is 2.35. The molecule has 0 saturated carbocycles. The predicted molar refractivity (Wildman–Crippen MR) is 78.8 cm³/mol. The van der Waals surface area contributed by atoms with Crippen LogP contribution >= 0.6 is 11.3 Å². The smallest absolute Gasteiger partial charge is 0.259 e. The van der Waals surface area contributed by atoms with Crippen LogP contribution in [0.5, 0.6) is 0 Å². The van der Waals surface area contributed by atoms with Gasteiger partial charge in [0.1, 0.15) is 10.7 Å². The van der Waals surface area contributed by atoms with Crippen LogP contribution in [0.25, 0.3) is 10.2 Å². The maximum atomic E-state index is 12.2. The highest BCUT2D eigenvalue weighted by Gasteiger charge is 2.19. The van der Waals surface area contributed by atoms with Gasteiger partial charge in [0.25, 0.3) is 5.56 Å². The fraction of sp³-hybridized carbons (Fsp3) is 0.429. The summed E-state index contributed by atoms with van der Waals surface area (Å²) >= 11 is 1.69. The van der Waals surface area contributed by atoms with Gasteiger partial charge in [0.15, 0.2) is 0 Å². The second-order valence-electron chi connectivity index (χ2n) is 4.82. The summed E-state index contributed by atoms with van der Waals surface area (Å²) in [5.41, 5.74) is 1.26. The molecular formula is C14H17N3OS. The highest BCUT2D eigenvalue weighted by Crippen LogP contribution is 2.33. The Bertz CT molecular complexity index is 671. The van der Waals surface area contributed by atoms with Crippen LogP contribution in [0.1, 0.15) is 29.1 Å². The minimum atomic E-state index is 0.0137. The van der Waals surface area contributed by atoms with Crippen molar-refractivity contribution in [1.82, 2.24) is 15.3 Å². The summed E-state index contributed by atoms with van der Waals surface area (Å²) in [4.78, 5) is 21.9. The zero-order valence-electron chi connectivity index (χ0n) is 10.8. The Kier molecular flexibility index (Phi) is 3.48. The number of hydrogen-bond acceptors (Lipinski definition) is 4. The van der Waals surface area contributed by atoms with Gasteiger partial charge in [-0.05, 0) is 31.2 Å². The van der Waals surface area contributed by atoms with Gasteiger partial charge in [-0.25, -0.2) is 4.98 Å². The first kappa shape index (κ1) is 12.6. The minimum absolute atomic E-state index is 0.0137.